The average Bonchev–Trinajstić information content (AvgIpc) is 2.93. The predicted octanol–water partition coefficient (Wildman–Crippen LogP) is 5.41. The summed E-state index contributed by atoms with van der Waals surface area (Å²) in [5, 5.41) is 14.1. The molecule has 5 nitrogen and oxygen atoms in total. The van der Waals surface area contributed by atoms with Crippen molar-refractivity contribution in [2.75, 3.05) is 31.3 Å². The van der Waals surface area contributed by atoms with Crippen LogP contribution in [0.15, 0.2) is 85.1 Å². The van der Waals surface area contributed by atoms with Crippen molar-refractivity contribution in [3.8, 4) is 5.75 Å². The van der Waals surface area contributed by atoms with E-state index in [4.69, 9.17) is 0 Å². The molecule has 2 atom stereocenters. The molecule has 0 bridgehead atoms. The van der Waals surface area contributed by atoms with E-state index >= 15 is 0 Å². The molecule has 1 saturated heterocycles. The fourth-order valence-electron chi connectivity index (χ4n) is 5.15. The van der Waals surface area contributed by atoms with Gasteiger partial charge < -0.3 is 15.3 Å². The molecule has 0 aromatic heterocycles. The third-order valence-electron chi connectivity index (χ3n) is 7.03. The zero-order valence-electron chi connectivity index (χ0n) is 20.6. The summed E-state index contributed by atoms with van der Waals surface area (Å²) in [4.78, 5) is 18.4. The van der Waals surface area contributed by atoms with E-state index in [1.54, 1.807) is 6.07 Å². The van der Waals surface area contributed by atoms with Crippen molar-refractivity contribution in [2.45, 2.75) is 25.4 Å². The molecule has 186 valence electrons. The van der Waals surface area contributed by atoms with Crippen molar-refractivity contribution in [3.63, 3.8) is 0 Å². The smallest absolute Gasteiger partial charge is 0.253 e. The summed E-state index contributed by atoms with van der Waals surface area (Å²) in [5.74, 6) is 2.41. The van der Waals surface area contributed by atoms with E-state index in [9.17, 15) is 9.90 Å². The van der Waals surface area contributed by atoms with Crippen molar-refractivity contribution < 1.29 is 9.90 Å². The second-order valence-corrected chi connectivity index (χ2v) is 10.5. The average molecular weight is 500 g/mol. The Balaban J connectivity index is 1.53. The maximum absolute atomic E-state index is 13.8. The van der Waals surface area contributed by atoms with Crippen LogP contribution in [0.3, 0.4) is 0 Å². The zero-order chi connectivity index (χ0) is 24.9. The molecule has 2 aliphatic rings. The number of rotatable bonds is 7. The number of aromatic hydroxyl groups is 1. The van der Waals surface area contributed by atoms with Gasteiger partial charge in [0, 0.05) is 36.4 Å². The largest absolute Gasteiger partial charge is 0.508 e. The molecule has 0 radical (unpaired) electrons. The summed E-state index contributed by atoms with van der Waals surface area (Å²) in [6.07, 6.45) is 2.81. The molecule has 6 heteroatoms. The molecule has 3 aromatic rings. The van der Waals surface area contributed by atoms with Gasteiger partial charge in [-0.1, -0.05) is 79.7 Å². The van der Waals surface area contributed by atoms with E-state index in [2.05, 4.69) is 40.2 Å². The summed E-state index contributed by atoms with van der Waals surface area (Å²) in [7, 11) is 0. The number of carbonyl (C=O) groups excluding carboxylic acids is 1. The number of hydrogen-bond acceptors (Lipinski definition) is 5. The van der Waals surface area contributed by atoms with Gasteiger partial charge >= 0.3 is 0 Å². The lowest BCUT2D eigenvalue weighted by atomic mass is 9.86. The van der Waals surface area contributed by atoms with Crippen LogP contribution in [-0.2, 0) is 4.79 Å². The van der Waals surface area contributed by atoms with Crippen molar-refractivity contribution in [3.05, 3.63) is 107 Å². The van der Waals surface area contributed by atoms with Gasteiger partial charge in [0.25, 0.3) is 5.91 Å². The fourth-order valence-corrected chi connectivity index (χ4v) is 6.13. The quantitative estimate of drug-likeness (QED) is 0.455. The Hall–Kier alpha value is -3.22. The maximum atomic E-state index is 13.8. The zero-order valence-corrected chi connectivity index (χ0v) is 21.5. The highest BCUT2D eigenvalue weighted by Gasteiger charge is 2.33. The number of amides is 1. The number of phenolic OH excluding ortho intramolecular Hbond substituents is 1. The van der Waals surface area contributed by atoms with E-state index < -0.39 is 0 Å². The van der Waals surface area contributed by atoms with Gasteiger partial charge in [-0.15, -0.1) is 0 Å². The predicted molar refractivity (Wildman–Crippen MR) is 148 cm³/mol. The number of carbonyl (C=O) groups is 1. The minimum absolute atomic E-state index is 0.0600. The number of hydrogen-bond donors (Lipinski definition) is 2. The molecule has 2 aliphatic heterocycles. The Morgan fingerprint density at radius 2 is 1.64 bits per heavy atom. The van der Waals surface area contributed by atoms with Gasteiger partial charge in [-0.2, -0.15) is 11.8 Å². The first-order valence-electron chi connectivity index (χ1n) is 12.7. The molecule has 0 aliphatic carbocycles. The van der Waals surface area contributed by atoms with Crippen LogP contribution >= 0.6 is 11.8 Å². The first-order valence-corrected chi connectivity index (χ1v) is 13.8. The van der Waals surface area contributed by atoms with Crippen LogP contribution in [0, 0.1) is 0 Å². The lowest BCUT2D eigenvalue weighted by Crippen LogP contribution is -2.43. The molecule has 0 saturated carbocycles. The summed E-state index contributed by atoms with van der Waals surface area (Å²) in [6.45, 7) is 4.81. The van der Waals surface area contributed by atoms with Crippen LogP contribution in [0.4, 0.5) is 0 Å². The second kappa shape index (κ2) is 11.2. The molecular weight excluding hydrogens is 466 g/mol. The van der Waals surface area contributed by atoms with Crippen molar-refractivity contribution in [2.24, 2.45) is 0 Å². The van der Waals surface area contributed by atoms with E-state index in [0.717, 1.165) is 53.3 Å². The van der Waals surface area contributed by atoms with Gasteiger partial charge in [-0.3, -0.25) is 9.69 Å². The Bertz CT molecular complexity index is 1220. The third-order valence-corrected chi connectivity index (χ3v) is 7.97. The lowest BCUT2D eigenvalue weighted by molar-refractivity contribution is -0.116. The van der Waals surface area contributed by atoms with Crippen LogP contribution in [0.25, 0.3) is 5.57 Å². The van der Waals surface area contributed by atoms with Crippen molar-refractivity contribution in [1.29, 1.82) is 0 Å². The normalized spacial score (nSPS) is 18.8. The number of thioether (sulfide) groups is 1. The van der Waals surface area contributed by atoms with Gasteiger partial charge in [0.15, 0.2) is 0 Å². The van der Waals surface area contributed by atoms with Crippen LogP contribution in [0.5, 0.6) is 5.75 Å². The SMILES string of the molecule is CC[C@H](NC(=O)C1=CN(CN2CCSCC2)[C@H](c2ccccc2O)c2ccccc21)c1ccccc1. The molecule has 1 fully saturated rings. The Morgan fingerprint density at radius 1 is 0.972 bits per heavy atom. The Morgan fingerprint density at radius 3 is 2.36 bits per heavy atom. The van der Waals surface area contributed by atoms with E-state index in [1.807, 2.05) is 72.6 Å². The fraction of sp³-hybridized carbons (Fsp3) is 0.300. The van der Waals surface area contributed by atoms with E-state index in [1.165, 1.54) is 0 Å². The molecule has 2 heterocycles. The number of nitrogens with one attached hydrogen (secondary N) is 1. The standard InChI is InChI=1S/C30H33N3O2S/c1-2-27(22-10-4-3-5-11-22)31-30(35)26-20-33(21-32-16-18-36-19-17-32)29(24-13-7-6-12-23(24)26)25-14-8-9-15-28(25)34/h3-15,20,27,29,34H,2,16-19,21H2,1H3,(H,31,35)/t27-,29-/m0/s1. The number of phenols is 1. The molecule has 0 spiro atoms. The monoisotopic (exact) mass is 499 g/mol. The molecule has 3 aromatic carbocycles. The first kappa shape index (κ1) is 24.5. The maximum Gasteiger partial charge on any atom is 0.253 e. The summed E-state index contributed by atoms with van der Waals surface area (Å²) < 4.78 is 0. The summed E-state index contributed by atoms with van der Waals surface area (Å²) in [6, 6.07) is 25.5. The highest BCUT2D eigenvalue weighted by Crippen LogP contribution is 2.42. The molecule has 2 N–H and O–H groups in total. The van der Waals surface area contributed by atoms with Gasteiger partial charge in [-0.05, 0) is 29.2 Å². The minimum Gasteiger partial charge on any atom is -0.508 e. The van der Waals surface area contributed by atoms with Gasteiger partial charge in [0.05, 0.1) is 24.3 Å². The Kier molecular flexibility index (Phi) is 7.63. The summed E-state index contributed by atoms with van der Waals surface area (Å²) in [5.41, 5.74) is 4.57. The van der Waals surface area contributed by atoms with Crippen LogP contribution in [0.2, 0.25) is 0 Å². The third kappa shape index (κ3) is 5.15. The van der Waals surface area contributed by atoms with Crippen LogP contribution < -0.4 is 5.32 Å². The number of para-hydroxylation sites is 1. The van der Waals surface area contributed by atoms with Crippen LogP contribution in [-0.4, -0.2) is 52.1 Å². The van der Waals surface area contributed by atoms with Crippen molar-refractivity contribution in [1.82, 2.24) is 15.1 Å². The van der Waals surface area contributed by atoms with E-state index in [-0.39, 0.29) is 23.7 Å². The number of nitrogens with zero attached hydrogens (tertiary/aromatic N) is 2. The highest BCUT2D eigenvalue weighted by atomic mass is 32.2. The molecule has 0 unspecified atom stereocenters. The Labute approximate surface area is 217 Å². The minimum atomic E-state index is -0.176. The first-order chi connectivity index (χ1) is 17.7. The second-order valence-electron chi connectivity index (χ2n) is 9.32. The molecular formula is C30H33N3O2S. The molecule has 1 amide bonds. The van der Waals surface area contributed by atoms with E-state index in [0.29, 0.717) is 12.2 Å². The van der Waals surface area contributed by atoms with Gasteiger partial charge in [-0.25, -0.2) is 0 Å². The highest BCUT2D eigenvalue weighted by molar-refractivity contribution is 7.99. The van der Waals surface area contributed by atoms with Gasteiger partial charge in [0.2, 0.25) is 0 Å². The number of benzene rings is 3. The van der Waals surface area contributed by atoms with Gasteiger partial charge in [0.1, 0.15) is 5.75 Å². The molecule has 5 rings (SSSR count). The summed E-state index contributed by atoms with van der Waals surface area (Å²) >= 11 is 1.98. The number of fused-ring (bicyclic) bond motifs is 1. The van der Waals surface area contributed by atoms with Crippen molar-refractivity contribution >= 4 is 23.2 Å². The molecule has 36 heavy (non-hydrogen) atoms. The lowest BCUT2D eigenvalue weighted by Gasteiger charge is -2.41. The topological polar surface area (TPSA) is 55.8 Å². The van der Waals surface area contributed by atoms with Crippen LogP contribution in [0.1, 0.15) is 47.7 Å².